The summed E-state index contributed by atoms with van der Waals surface area (Å²) in [6, 6.07) is 2.16. The summed E-state index contributed by atoms with van der Waals surface area (Å²) in [5.41, 5.74) is -0.0941. The first kappa shape index (κ1) is 25.3. The third kappa shape index (κ3) is 9.01. The first-order chi connectivity index (χ1) is 15.5. The van der Waals surface area contributed by atoms with Gasteiger partial charge in [-0.2, -0.15) is 0 Å². The lowest BCUT2D eigenvalue weighted by Crippen LogP contribution is -2.37. The number of carbonyl (C=O) groups is 2. The maximum absolute atomic E-state index is 11.9. The molecule has 1 aliphatic rings. The van der Waals surface area contributed by atoms with Gasteiger partial charge in [-0.15, -0.1) is 0 Å². The quantitative estimate of drug-likeness (QED) is 0.167. The highest BCUT2D eigenvalue weighted by molar-refractivity contribution is 6.32. The van der Waals surface area contributed by atoms with Gasteiger partial charge in [0.1, 0.15) is 17.1 Å². The zero-order valence-corrected chi connectivity index (χ0v) is 18.7. The summed E-state index contributed by atoms with van der Waals surface area (Å²) in [6.07, 6.45) is 14.5. The molecule has 0 unspecified atom stereocenters. The number of aromatic hydroxyl groups is 2. The highest BCUT2D eigenvalue weighted by atomic mass is 35.5. The van der Waals surface area contributed by atoms with Gasteiger partial charge in [0.15, 0.2) is 6.61 Å². The van der Waals surface area contributed by atoms with Gasteiger partial charge in [-0.1, -0.05) is 35.0 Å². The van der Waals surface area contributed by atoms with Gasteiger partial charge in [-0.3, -0.25) is 4.79 Å². The number of phenols is 2. The van der Waals surface area contributed by atoms with E-state index in [2.05, 4.69) is 5.16 Å². The Morgan fingerprint density at radius 2 is 1.75 bits per heavy atom. The van der Waals surface area contributed by atoms with E-state index in [4.69, 9.17) is 21.2 Å². The number of hydrogen-bond donors (Lipinski definition) is 2. The maximum Gasteiger partial charge on any atom is 0.341 e. The average molecular weight is 465 g/mol. The number of benzene rings is 1. The number of oxime groups is 1. The molecule has 1 heterocycles. The molecular formula is C23H29ClN2O6. The van der Waals surface area contributed by atoms with E-state index in [0.717, 1.165) is 50.9 Å². The van der Waals surface area contributed by atoms with E-state index in [1.54, 1.807) is 6.08 Å². The number of phenolic OH excluding ortho intramolecular Hbond substituents is 2. The largest absolute Gasteiger partial charge is 0.507 e. The van der Waals surface area contributed by atoms with Gasteiger partial charge < -0.3 is 24.7 Å². The zero-order chi connectivity index (χ0) is 23.2. The standard InChI is InChI=1S/C23H29ClN2O6/c24-19-15-18(20(27)16-21(19)28)23(30)31-14-10-5-3-1-2-4-7-11-25-32-17-22(29)26-12-8-6-9-13-26/h3-5,7,11,15-16,27-28H,1-2,6,8-10,12-14,17H2/b5-3+,7-4+,25-11-. The smallest absolute Gasteiger partial charge is 0.341 e. The van der Waals surface area contributed by atoms with E-state index in [9.17, 15) is 19.8 Å². The number of rotatable bonds is 11. The third-order valence-corrected chi connectivity index (χ3v) is 5.03. The zero-order valence-electron chi connectivity index (χ0n) is 17.9. The number of unbranched alkanes of at least 4 members (excludes halogenated alkanes) is 1. The summed E-state index contributed by atoms with van der Waals surface area (Å²) in [4.78, 5) is 30.7. The molecule has 0 bridgehead atoms. The number of carbonyl (C=O) groups excluding carboxylic acids is 2. The highest BCUT2D eigenvalue weighted by Crippen LogP contribution is 2.31. The van der Waals surface area contributed by atoms with E-state index < -0.39 is 5.97 Å². The summed E-state index contributed by atoms with van der Waals surface area (Å²) in [7, 11) is 0. The Bertz CT molecular complexity index is 847. The average Bonchev–Trinajstić information content (AvgIpc) is 2.79. The number of allylic oxidation sites excluding steroid dienone is 3. The lowest BCUT2D eigenvalue weighted by molar-refractivity contribution is -0.136. The van der Waals surface area contributed by atoms with Gasteiger partial charge in [0, 0.05) is 19.2 Å². The number of amides is 1. The number of likely N-dealkylation sites (tertiary alicyclic amines) is 1. The van der Waals surface area contributed by atoms with Crippen LogP contribution in [0.3, 0.4) is 0 Å². The molecule has 8 nitrogen and oxygen atoms in total. The molecule has 0 spiro atoms. The number of esters is 1. The van der Waals surface area contributed by atoms with Gasteiger partial charge in [0.05, 0.1) is 17.8 Å². The van der Waals surface area contributed by atoms with Gasteiger partial charge in [-0.05, 0) is 50.7 Å². The molecule has 1 saturated heterocycles. The number of ether oxygens (including phenoxy) is 1. The monoisotopic (exact) mass is 464 g/mol. The predicted octanol–water partition coefficient (Wildman–Crippen LogP) is 4.21. The summed E-state index contributed by atoms with van der Waals surface area (Å²) in [6.45, 7) is 1.73. The van der Waals surface area contributed by atoms with Crippen LogP contribution >= 0.6 is 11.6 Å². The van der Waals surface area contributed by atoms with Crippen LogP contribution in [0.25, 0.3) is 0 Å². The second-order valence-corrected chi connectivity index (χ2v) is 7.60. The van der Waals surface area contributed by atoms with Crippen molar-refractivity contribution in [3.05, 3.63) is 47.0 Å². The van der Waals surface area contributed by atoms with Crippen LogP contribution in [-0.2, 0) is 14.4 Å². The van der Waals surface area contributed by atoms with Crippen LogP contribution in [0.5, 0.6) is 11.5 Å². The van der Waals surface area contributed by atoms with Crippen molar-refractivity contribution in [3.63, 3.8) is 0 Å². The minimum Gasteiger partial charge on any atom is -0.507 e. The van der Waals surface area contributed by atoms with Gasteiger partial charge in [0.25, 0.3) is 5.91 Å². The van der Waals surface area contributed by atoms with Crippen LogP contribution in [0.1, 0.15) is 48.9 Å². The van der Waals surface area contributed by atoms with Crippen molar-refractivity contribution in [1.29, 1.82) is 0 Å². The Morgan fingerprint density at radius 3 is 2.53 bits per heavy atom. The van der Waals surface area contributed by atoms with Crippen LogP contribution in [0.2, 0.25) is 5.02 Å². The third-order valence-electron chi connectivity index (χ3n) is 4.72. The van der Waals surface area contributed by atoms with Crippen molar-refractivity contribution >= 4 is 29.7 Å². The van der Waals surface area contributed by atoms with Crippen molar-refractivity contribution in [1.82, 2.24) is 4.90 Å². The number of hydrogen-bond acceptors (Lipinski definition) is 7. The molecule has 0 aromatic heterocycles. The molecule has 0 aliphatic carbocycles. The number of piperidine rings is 1. The second kappa shape index (κ2) is 14.1. The van der Waals surface area contributed by atoms with E-state index >= 15 is 0 Å². The number of nitrogens with zero attached hydrogens (tertiary/aromatic N) is 2. The van der Waals surface area contributed by atoms with Crippen LogP contribution in [0.15, 0.2) is 41.6 Å². The SMILES string of the molecule is O=C(OCC/C=C/CC/C=C/C=N\OCC(=O)N1CCCCC1)c1cc(Cl)c(O)cc1O. The molecule has 2 N–H and O–H groups in total. The topological polar surface area (TPSA) is 109 Å². The van der Waals surface area contributed by atoms with Gasteiger partial charge in [0.2, 0.25) is 0 Å². The lowest BCUT2D eigenvalue weighted by atomic mass is 10.1. The fourth-order valence-electron chi connectivity index (χ4n) is 3.00. The van der Waals surface area contributed by atoms with Crippen molar-refractivity contribution in [2.45, 2.75) is 38.5 Å². The van der Waals surface area contributed by atoms with Crippen LogP contribution in [-0.4, -0.2) is 59.5 Å². The summed E-state index contributed by atoms with van der Waals surface area (Å²) < 4.78 is 5.08. The van der Waals surface area contributed by atoms with Crippen molar-refractivity contribution in [2.24, 2.45) is 5.16 Å². The molecule has 1 aromatic carbocycles. The first-order valence-electron chi connectivity index (χ1n) is 10.6. The molecule has 1 aromatic rings. The molecule has 1 aliphatic heterocycles. The van der Waals surface area contributed by atoms with E-state index in [1.807, 2.05) is 23.1 Å². The maximum atomic E-state index is 11.9. The molecule has 0 saturated carbocycles. The summed E-state index contributed by atoms with van der Waals surface area (Å²) >= 11 is 5.74. The molecule has 0 radical (unpaired) electrons. The Labute approximate surface area is 192 Å². The normalized spacial score (nSPS) is 14.5. The Kier molecular flexibility index (Phi) is 11.2. The van der Waals surface area contributed by atoms with Crippen LogP contribution < -0.4 is 0 Å². The summed E-state index contributed by atoms with van der Waals surface area (Å²) in [5, 5.41) is 22.8. The van der Waals surface area contributed by atoms with Crippen molar-refractivity contribution < 1.29 is 29.4 Å². The van der Waals surface area contributed by atoms with Crippen molar-refractivity contribution in [3.8, 4) is 11.5 Å². The minimum atomic E-state index is -0.708. The molecule has 32 heavy (non-hydrogen) atoms. The van der Waals surface area contributed by atoms with E-state index in [0.29, 0.717) is 6.42 Å². The molecule has 1 amide bonds. The van der Waals surface area contributed by atoms with Crippen molar-refractivity contribution in [2.75, 3.05) is 26.3 Å². The second-order valence-electron chi connectivity index (χ2n) is 7.19. The number of halogens is 1. The van der Waals surface area contributed by atoms with Gasteiger partial charge in [-0.25, -0.2) is 4.79 Å². The molecule has 174 valence electrons. The molecule has 0 atom stereocenters. The van der Waals surface area contributed by atoms with E-state index in [1.165, 1.54) is 12.6 Å². The van der Waals surface area contributed by atoms with E-state index in [-0.39, 0.29) is 41.2 Å². The Morgan fingerprint density at radius 1 is 1.03 bits per heavy atom. The molecule has 1 fully saturated rings. The fourth-order valence-corrected chi connectivity index (χ4v) is 3.17. The van der Waals surface area contributed by atoms with Crippen LogP contribution in [0.4, 0.5) is 0 Å². The first-order valence-corrected chi connectivity index (χ1v) is 11.0. The highest BCUT2D eigenvalue weighted by Gasteiger charge is 2.17. The molecular weight excluding hydrogens is 436 g/mol. The molecule has 9 heteroatoms. The lowest BCUT2D eigenvalue weighted by Gasteiger charge is -2.25. The Balaban J connectivity index is 1.52. The fraction of sp³-hybridized carbons (Fsp3) is 0.435. The molecule has 2 rings (SSSR count). The van der Waals surface area contributed by atoms with Crippen LogP contribution in [0, 0.1) is 0 Å². The minimum absolute atomic E-state index is 0.0229. The Hall–Kier alpha value is -3.00. The predicted molar refractivity (Wildman–Crippen MR) is 122 cm³/mol. The van der Waals surface area contributed by atoms with Gasteiger partial charge >= 0.3 is 5.97 Å². The summed E-state index contributed by atoms with van der Waals surface area (Å²) in [5.74, 6) is -1.42.